The molecule has 0 aliphatic rings. The first-order valence-corrected chi connectivity index (χ1v) is 13.4. The van der Waals surface area contributed by atoms with E-state index in [0.717, 1.165) is 34.7 Å². The minimum atomic E-state index is -4.49. The molecule has 0 unspecified atom stereocenters. The van der Waals surface area contributed by atoms with E-state index in [1.807, 2.05) is 49.6 Å². The highest BCUT2D eigenvalue weighted by molar-refractivity contribution is 7.09. The fourth-order valence-corrected chi connectivity index (χ4v) is 4.81. The second-order valence-corrected chi connectivity index (χ2v) is 10.5. The van der Waals surface area contributed by atoms with Crippen molar-refractivity contribution in [3.05, 3.63) is 81.5 Å². The van der Waals surface area contributed by atoms with E-state index < -0.39 is 17.6 Å². The number of carbonyl (C=O) groups is 2. The number of halogens is 3. The van der Waals surface area contributed by atoms with Crippen LogP contribution in [-0.2, 0) is 23.9 Å². The molecule has 0 aliphatic heterocycles. The van der Waals surface area contributed by atoms with Crippen LogP contribution in [0.5, 0.6) is 11.5 Å². The van der Waals surface area contributed by atoms with Gasteiger partial charge in [0.1, 0.15) is 6.54 Å². The fourth-order valence-electron chi connectivity index (χ4n) is 4.09. The molecule has 2 aromatic carbocycles. The maximum atomic E-state index is 13.6. The maximum absolute atomic E-state index is 13.6. The fraction of sp³-hybridized carbons (Fsp3) is 0.379. The van der Waals surface area contributed by atoms with Gasteiger partial charge in [0.05, 0.1) is 26.3 Å². The number of hydrogen-bond donors (Lipinski definition) is 0. The van der Waals surface area contributed by atoms with Gasteiger partial charge in [0.25, 0.3) is 5.91 Å². The molecule has 210 valence electrons. The molecule has 0 bridgehead atoms. The zero-order valence-corrected chi connectivity index (χ0v) is 23.3. The van der Waals surface area contributed by atoms with Crippen LogP contribution in [0.25, 0.3) is 0 Å². The van der Waals surface area contributed by atoms with Gasteiger partial charge in [-0.1, -0.05) is 26.0 Å². The van der Waals surface area contributed by atoms with E-state index in [4.69, 9.17) is 9.47 Å². The predicted molar refractivity (Wildman–Crippen MR) is 145 cm³/mol. The molecule has 10 heteroatoms. The molecular formula is C29H33F3N2O4S. The van der Waals surface area contributed by atoms with Crippen molar-refractivity contribution >= 4 is 23.2 Å². The Labute approximate surface area is 230 Å². The Bertz CT molecular complexity index is 1230. The highest BCUT2D eigenvalue weighted by Crippen LogP contribution is 2.30. The minimum Gasteiger partial charge on any atom is -0.493 e. The number of carbonyl (C=O) groups excluding carboxylic acids is 2. The van der Waals surface area contributed by atoms with Crippen LogP contribution < -0.4 is 9.47 Å². The lowest BCUT2D eigenvalue weighted by Crippen LogP contribution is -2.44. The predicted octanol–water partition coefficient (Wildman–Crippen LogP) is 6.15. The van der Waals surface area contributed by atoms with E-state index in [9.17, 15) is 22.8 Å². The van der Waals surface area contributed by atoms with Gasteiger partial charge in [-0.2, -0.15) is 13.2 Å². The lowest BCUT2D eigenvalue weighted by Gasteiger charge is -2.29. The molecule has 3 rings (SSSR count). The van der Waals surface area contributed by atoms with Crippen molar-refractivity contribution in [2.75, 3.05) is 33.9 Å². The number of thiophene rings is 1. The maximum Gasteiger partial charge on any atom is 0.416 e. The molecule has 1 aromatic heterocycles. The first-order valence-electron chi connectivity index (χ1n) is 12.5. The molecule has 0 atom stereocenters. The monoisotopic (exact) mass is 562 g/mol. The van der Waals surface area contributed by atoms with Crippen LogP contribution >= 0.6 is 11.3 Å². The van der Waals surface area contributed by atoms with Crippen molar-refractivity contribution in [3.63, 3.8) is 0 Å². The van der Waals surface area contributed by atoms with Gasteiger partial charge in [0.2, 0.25) is 5.91 Å². The number of hydrogen-bond acceptors (Lipinski definition) is 5. The number of amides is 2. The van der Waals surface area contributed by atoms with Gasteiger partial charge in [-0.15, -0.1) is 11.3 Å². The van der Waals surface area contributed by atoms with E-state index >= 15 is 0 Å². The van der Waals surface area contributed by atoms with Crippen molar-refractivity contribution in [1.29, 1.82) is 0 Å². The third-order valence-electron chi connectivity index (χ3n) is 6.06. The quantitative estimate of drug-likeness (QED) is 0.266. The number of benzene rings is 2. The van der Waals surface area contributed by atoms with Crippen LogP contribution in [0.15, 0.2) is 60.0 Å². The smallest absolute Gasteiger partial charge is 0.416 e. The molecule has 0 saturated heterocycles. The lowest BCUT2D eigenvalue weighted by molar-refractivity contribution is -0.137. The largest absolute Gasteiger partial charge is 0.493 e. The molecule has 0 saturated carbocycles. The second kappa shape index (κ2) is 13.5. The van der Waals surface area contributed by atoms with Gasteiger partial charge >= 0.3 is 6.18 Å². The zero-order valence-electron chi connectivity index (χ0n) is 22.5. The van der Waals surface area contributed by atoms with Crippen LogP contribution in [0.3, 0.4) is 0 Å². The van der Waals surface area contributed by atoms with Gasteiger partial charge in [0, 0.05) is 23.5 Å². The number of rotatable bonds is 12. The summed E-state index contributed by atoms with van der Waals surface area (Å²) in [5.74, 6) is 0.524. The van der Waals surface area contributed by atoms with Gasteiger partial charge in [-0.25, -0.2) is 0 Å². The lowest BCUT2D eigenvalue weighted by atomic mass is 10.1. The summed E-state index contributed by atoms with van der Waals surface area (Å²) in [6.07, 6.45) is -3.94. The summed E-state index contributed by atoms with van der Waals surface area (Å²) in [6.45, 7) is 4.71. The summed E-state index contributed by atoms with van der Waals surface area (Å²) < 4.78 is 49.6. The molecule has 0 N–H and O–H groups in total. The van der Waals surface area contributed by atoms with E-state index in [2.05, 4.69) is 0 Å². The summed E-state index contributed by atoms with van der Waals surface area (Å²) in [5, 5.41) is 1.94. The standard InChI is InChI=1S/C29H33F3N2O4S/c1-20(2)17-34(28(36)22-8-10-23(11-9-22)29(30,31)32)19-27(35)33(18-24-6-5-15-39-24)14-13-21-7-12-25(37-3)26(16-21)38-4/h5-12,15-16,20H,13-14,17-19H2,1-4H3. The van der Waals surface area contributed by atoms with Crippen molar-refractivity contribution < 1.29 is 32.2 Å². The van der Waals surface area contributed by atoms with Gasteiger partial charge in [-0.05, 0) is 65.7 Å². The zero-order chi connectivity index (χ0) is 28.6. The van der Waals surface area contributed by atoms with Crippen LogP contribution in [0.2, 0.25) is 0 Å². The topological polar surface area (TPSA) is 59.1 Å². The third kappa shape index (κ3) is 8.48. The van der Waals surface area contributed by atoms with Crippen LogP contribution in [0.4, 0.5) is 13.2 Å². The molecule has 0 spiro atoms. The van der Waals surface area contributed by atoms with Gasteiger partial charge in [0.15, 0.2) is 11.5 Å². The minimum absolute atomic E-state index is 0.0497. The Hall–Kier alpha value is -3.53. The van der Waals surface area contributed by atoms with E-state index in [1.54, 1.807) is 19.1 Å². The summed E-state index contributed by atoms with van der Waals surface area (Å²) >= 11 is 1.53. The van der Waals surface area contributed by atoms with Gasteiger partial charge in [-0.3, -0.25) is 9.59 Å². The van der Waals surface area contributed by atoms with Gasteiger partial charge < -0.3 is 19.3 Å². The highest BCUT2D eigenvalue weighted by Gasteiger charge is 2.31. The molecule has 0 fully saturated rings. The Morgan fingerprint density at radius 2 is 1.64 bits per heavy atom. The Balaban J connectivity index is 1.79. The Kier molecular flexibility index (Phi) is 10.4. The molecule has 0 radical (unpaired) electrons. The van der Waals surface area contributed by atoms with Crippen molar-refractivity contribution in [2.24, 2.45) is 5.92 Å². The van der Waals surface area contributed by atoms with Crippen LogP contribution in [0.1, 0.15) is 40.2 Å². The first kappa shape index (κ1) is 30.0. The highest BCUT2D eigenvalue weighted by atomic mass is 32.1. The van der Waals surface area contributed by atoms with E-state index in [1.165, 1.54) is 16.2 Å². The summed E-state index contributed by atoms with van der Waals surface area (Å²) in [5.41, 5.74) is 0.228. The molecule has 1 heterocycles. The molecule has 0 aliphatic carbocycles. The van der Waals surface area contributed by atoms with Crippen molar-refractivity contribution in [2.45, 2.75) is 33.0 Å². The summed E-state index contributed by atoms with van der Waals surface area (Å²) in [4.78, 5) is 31.0. The third-order valence-corrected chi connectivity index (χ3v) is 6.92. The molecule has 6 nitrogen and oxygen atoms in total. The van der Waals surface area contributed by atoms with Crippen molar-refractivity contribution in [3.8, 4) is 11.5 Å². The average Bonchev–Trinajstić information content (AvgIpc) is 3.42. The van der Waals surface area contributed by atoms with E-state index in [-0.39, 0.29) is 30.5 Å². The Morgan fingerprint density at radius 3 is 2.21 bits per heavy atom. The van der Waals surface area contributed by atoms with Crippen molar-refractivity contribution in [1.82, 2.24) is 9.80 Å². The second-order valence-electron chi connectivity index (χ2n) is 9.49. The molecule has 2 amide bonds. The number of methoxy groups -OCH3 is 2. The first-order chi connectivity index (χ1) is 18.5. The van der Waals surface area contributed by atoms with Crippen LogP contribution in [-0.4, -0.2) is 55.5 Å². The normalized spacial score (nSPS) is 11.4. The average molecular weight is 563 g/mol. The SMILES string of the molecule is COc1ccc(CCN(Cc2cccs2)C(=O)CN(CC(C)C)C(=O)c2ccc(C(F)(F)F)cc2)cc1OC. The molecule has 3 aromatic rings. The molecule has 39 heavy (non-hydrogen) atoms. The number of alkyl halides is 3. The Morgan fingerprint density at radius 1 is 0.949 bits per heavy atom. The number of nitrogens with zero attached hydrogens (tertiary/aromatic N) is 2. The molecular weight excluding hydrogens is 529 g/mol. The number of ether oxygens (including phenoxy) is 2. The van der Waals surface area contributed by atoms with E-state index in [0.29, 0.717) is 31.0 Å². The van der Waals surface area contributed by atoms with Crippen LogP contribution in [0, 0.1) is 5.92 Å². The summed E-state index contributed by atoms with van der Waals surface area (Å²) in [6, 6.07) is 13.5. The summed E-state index contributed by atoms with van der Waals surface area (Å²) in [7, 11) is 3.12.